The first-order valence-corrected chi connectivity index (χ1v) is 10.7. The van der Waals surface area contributed by atoms with E-state index in [4.69, 9.17) is 11.6 Å². The number of amides is 1. The van der Waals surface area contributed by atoms with E-state index in [1.165, 1.54) is 30.5 Å². The highest BCUT2D eigenvalue weighted by Crippen LogP contribution is 2.30. The molecular weight excluding hydrogens is 466 g/mol. The molecule has 0 aliphatic heterocycles. The van der Waals surface area contributed by atoms with E-state index in [1.54, 1.807) is 35.9 Å². The number of nitrogens with zero attached hydrogens (tertiary/aromatic N) is 5. The van der Waals surface area contributed by atoms with Gasteiger partial charge in [-0.05, 0) is 44.2 Å². The summed E-state index contributed by atoms with van der Waals surface area (Å²) in [6.45, 7) is 3.01. The molecule has 2 aromatic heterocycles. The van der Waals surface area contributed by atoms with Gasteiger partial charge in [0, 0.05) is 16.7 Å². The van der Waals surface area contributed by atoms with Gasteiger partial charge >= 0.3 is 0 Å². The van der Waals surface area contributed by atoms with Crippen molar-refractivity contribution in [1.82, 2.24) is 29.9 Å². The third-order valence-corrected chi connectivity index (χ3v) is 5.91. The highest BCUT2D eigenvalue weighted by atomic mass is 35.5. The van der Waals surface area contributed by atoms with Gasteiger partial charge in [0.25, 0.3) is 5.91 Å². The quantitative estimate of drug-likeness (QED) is 0.417. The van der Waals surface area contributed by atoms with Crippen LogP contribution in [-0.4, -0.2) is 41.6 Å². The Morgan fingerprint density at radius 3 is 2.59 bits per heavy atom. The van der Waals surface area contributed by atoms with E-state index in [-0.39, 0.29) is 17.7 Å². The normalized spacial score (nSPS) is 13.9. The maximum Gasteiger partial charge on any atom is 0.255 e. The maximum atomic E-state index is 14.7. The fourth-order valence-corrected chi connectivity index (χ4v) is 3.85. The Morgan fingerprint density at radius 2 is 1.94 bits per heavy atom. The predicted octanol–water partition coefficient (Wildman–Crippen LogP) is 3.41. The highest BCUT2D eigenvalue weighted by molar-refractivity contribution is 6.30. The molecule has 2 N–H and O–H groups in total. The van der Waals surface area contributed by atoms with Crippen LogP contribution in [0.5, 0.6) is 0 Å². The number of halogens is 3. The summed E-state index contributed by atoms with van der Waals surface area (Å²) in [7, 11) is 0. The average Bonchev–Trinajstić information content (AvgIpc) is 3.43. The zero-order chi connectivity index (χ0) is 24.5. The van der Waals surface area contributed by atoms with E-state index in [0.717, 1.165) is 12.1 Å². The molecule has 0 spiro atoms. The van der Waals surface area contributed by atoms with Crippen LogP contribution in [0.1, 0.15) is 28.5 Å². The fourth-order valence-electron chi connectivity index (χ4n) is 3.73. The van der Waals surface area contributed by atoms with E-state index in [9.17, 15) is 18.7 Å². The molecule has 0 aliphatic rings. The number of hydrogen-bond donors (Lipinski definition) is 2. The second-order valence-electron chi connectivity index (χ2n) is 7.87. The summed E-state index contributed by atoms with van der Waals surface area (Å²) in [5.41, 5.74) is -0.624. The molecule has 0 saturated carbocycles. The third kappa shape index (κ3) is 4.55. The molecular formula is C23H21ClF2N6O2. The van der Waals surface area contributed by atoms with Crippen LogP contribution in [0.25, 0.3) is 5.69 Å². The monoisotopic (exact) mass is 486 g/mol. The van der Waals surface area contributed by atoms with Crippen molar-refractivity contribution in [2.75, 3.05) is 0 Å². The van der Waals surface area contributed by atoms with Crippen LogP contribution in [0.15, 0.2) is 61.3 Å². The molecule has 0 aliphatic carbocycles. The largest absolute Gasteiger partial charge is 0.381 e. The number of hydrogen-bond acceptors (Lipinski definition) is 5. The molecule has 11 heteroatoms. The van der Waals surface area contributed by atoms with Crippen molar-refractivity contribution in [3.05, 3.63) is 94.8 Å². The summed E-state index contributed by atoms with van der Waals surface area (Å²) in [6, 6.07) is 8.80. The van der Waals surface area contributed by atoms with Crippen molar-refractivity contribution in [2.24, 2.45) is 0 Å². The lowest BCUT2D eigenvalue weighted by molar-refractivity contribution is -0.0186. The van der Waals surface area contributed by atoms with E-state index in [0.29, 0.717) is 22.5 Å². The molecule has 2 aromatic carbocycles. The minimum Gasteiger partial charge on any atom is -0.381 e. The summed E-state index contributed by atoms with van der Waals surface area (Å²) in [5.74, 6) is -2.26. The van der Waals surface area contributed by atoms with Gasteiger partial charge in [0.1, 0.15) is 29.9 Å². The van der Waals surface area contributed by atoms with Gasteiger partial charge in [0.2, 0.25) is 0 Å². The Labute approximate surface area is 198 Å². The van der Waals surface area contributed by atoms with Gasteiger partial charge in [0.15, 0.2) is 0 Å². The van der Waals surface area contributed by atoms with Crippen molar-refractivity contribution < 1.29 is 18.7 Å². The Hall–Kier alpha value is -3.63. The molecule has 0 saturated heterocycles. The van der Waals surface area contributed by atoms with Gasteiger partial charge in [-0.15, -0.1) is 0 Å². The molecule has 8 nitrogen and oxygen atoms in total. The molecule has 2 heterocycles. The van der Waals surface area contributed by atoms with Crippen LogP contribution >= 0.6 is 11.6 Å². The first kappa shape index (κ1) is 23.5. The molecule has 4 aromatic rings. The molecule has 0 bridgehead atoms. The van der Waals surface area contributed by atoms with Crippen molar-refractivity contribution in [1.29, 1.82) is 0 Å². The lowest BCUT2D eigenvalue weighted by Gasteiger charge is -2.35. The van der Waals surface area contributed by atoms with E-state index in [1.807, 2.05) is 0 Å². The standard InChI is InChI=1S/C23H21ClF2N6O2/c1-14-19(10-28-32(14)18-6-3-16(24)4-7-18)22(33)30-15(2)23(34,11-31-13-27-12-29-31)20-8-5-17(25)9-21(20)26/h3-10,12-13,15,34H,11H2,1-2H3,(H,30,33)/t15-,23-/m1/s1. The Balaban J connectivity index is 1.63. The Morgan fingerprint density at radius 1 is 1.21 bits per heavy atom. The van der Waals surface area contributed by atoms with Crippen molar-refractivity contribution >= 4 is 17.5 Å². The van der Waals surface area contributed by atoms with E-state index < -0.39 is 29.2 Å². The van der Waals surface area contributed by atoms with Gasteiger partial charge in [0.05, 0.1) is 35.7 Å². The summed E-state index contributed by atoms with van der Waals surface area (Å²) < 4.78 is 31.1. The zero-order valence-corrected chi connectivity index (χ0v) is 19.0. The number of benzene rings is 2. The predicted molar refractivity (Wildman–Crippen MR) is 121 cm³/mol. The van der Waals surface area contributed by atoms with E-state index >= 15 is 0 Å². The summed E-state index contributed by atoms with van der Waals surface area (Å²) in [5, 5.41) is 23.1. The molecule has 176 valence electrons. The van der Waals surface area contributed by atoms with Gasteiger partial charge < -0.3 is 10.4 Å². The van der Waals surface area contributed by atoms with Crippen molar-refractivity contribution in [3.63, 3.8) is 0 Å². The first-order valence-electron chi connectivity index (χ1n) is 10.3. The SMILES string of the molecule is Cc1c(C(=O)N[C@H](C)[C@](O)(Cn2cncn2)c2ccc(F)cc2F)cnn1-c1ccc(Cl)cc1. The summed E-state index contributed by atoms with van der Waals surface area (Å²) >= 11 is 5.94. The third-order valence-electron chi connectivity index (χ3n) is 5.66. The summed E-state index contributed by atoms with van der Waals surface area (Å²) in [4.78, 5) is 16.9. The molecule has 34 heavy (non-hydrogen) atoms. The van der Waals surface area contributed by atoms with Crippen LogP contribution in [0.3, 0.4) is 0 Å². The number of aromatic nitrogens is 5. The van der Waals surface area contributed by atoms with Crippen LogP contribution < -0.4 is 5.32 Å². The smallest absolute Gasteiger partial charge is 0.255 e. The average molecular weight is 487 g/mol. The minimum atomic E-state index is -1.97. The topological polar surface area (TPSA) is 97.9 Å². The molecule has 4 rings (SSSR count). The van der Waals surface area contributed by atoms with Crippen LogP contribution in [0.2, 0.25) is 5.02 Å². The first-order chi connectivity index (χ1) is 16.2. The molecule has 1 amide bonds. The maximum absolute atomic E-state index is 14.7. The van der Waals surface area contributed by atoms with Crippen LogP contribution in [0.4, 0.5) is 8.78 Å². The number of nitrogens with one attached hydrogen (secondary N) is 1. The van der Waals surface area contributed by atoms with Crippen LogP contribution in [-0.2, 0) is 12.1 Å². The second-order valence-corrected chi connectivity index (χ2v) is 8.30. The molecule has 0 radical (unpaired) electrons. The number of carbonyl (C=O) groups is 1. The number of carbonyl (C=O) groups excluding carboxylic acids is 1. The van der Waals surface area contributed by atoms with Gasteiger partial charge in [-0.25, -0.2) is 23.1 Å². The van der Waals surface area contributed by atoms with Gasteiger partial charge in [-0.2, -0.15) is 10.2 Å². The minimum absolute atomic E-state index is 0.189. The van der Waals surface area contributed by atoms with Crippen molar-refractivity contribution in [3.8, 4) is 5.69 Å². The van der Waals surface area contributed by atoms with Gasteiger partial charge in [-0.3, -0.25) is 4.79 Å². The Bertz CT molecular complexity index is 1310. The highest BCUT2D eigenvalue weighted by Gasteiger charge is 2.40. The van der Waals surface area contributed by atoms with Crippen LogP contribution in [0, 0.1) is 18.6 Å². The molecule has 0 unspecified atom stereocenters. The Kier molecular flexibility index (Phi) is 6.45. The van der Waals surface area contributed by atoms with Crippen molar-refractivity contribution in [2.45, 2.75) is 32.0 Å². The molecule has 2 atom stereocenters. The zero-order valence-electron chi connectivity index (χ0n) is 18.3. The lowest BCUT2D eigenvalue weighted by Crippen LogP contribution is -2.52. The number of rotatable bonds is 7. The fraction of sp³-hybridized carbons (Fsp3) is 0.217. The van der Waals surface area contributed by atoms with E-state index in [2.05, 4.69) is 20.5 Å². The molecule has 0 fully saturated rings. The number of aliphatic hydroxyl groups is 1. The van der Waals surface area contributed by atoms with Gasteiger partial charge in [-0.1, -0.05) is 17.7 Å². The summed E-state index contributed by atoms with van der Waals surface area (Å²) in [6.07, 6.45) is 4.02. The second kappa shape index (κ2) is 9.32. The lowest BCUT2D eigenvalue weighted by atomic mass is 9.86.